The summed E-state index contributed by atoms with van der Waals surface area (Å²) in [6.07, 6.45) is 0. The van der Waals surface area contributed by atoms with E-state index < -0.39 is 11.7 Å². The first-order chi connectivity index (χ1) is 5.65. The van der Waals surface area contributed by atoms with E-state index in [2.05, 4.69) is 0 Å². The average Bonchev–Trinajstić information content (AvgIpc) is 2.04. The van der Waals surface area contributed by atoms with Crippen molar-refractivity contribution < 1.29 is 13.9 Å². The number of primary amides is 1. The number of ether oxygens (including phenoxy) is 1. The minimum Gasteiger partial charge on any atom is -0.496 e. The summed E-state index contributed by atoms with van der Waals surface area (Å²) in [5.74, 6) is -0.931. The molecule has 0 atom stereocenters. The minimum atomic E-state index is -0.702. The lowest BCUT2D eigenvalue weighted by Crippen LogP contribution is -2.12. The number of carbonyl (C=O) groups is 1. The second kappa shape index (κ2) is 4.67. The molecular weight excluding hydrogens is 197 g/mol. The van der Waals surface area contributed by atoms with Crippen LogP contribution in [0.25, 0.3) is 0 Å². The molecule has 2 N–H and O–H groups in total. The number of hydrogen-bond acceptors (Lipinski definition) is 2. The van der Waals surface area contributed by atoms with Crippen molar-refractivity contribution in [2.45, 2.75) is 0 Å². The van der Waals surface area contributed by atoms with Crippen LogP contribution in [0, 0.1) is 5.82 Å². The highest BCUT2D eigenvalue weighted by Crippen LogP contribution is 2.18. The van der Waals surface area contributed by atoms with E-state index in [1.807, 2.05) is 0 Å². The van der Waals surface area contributed by atoms with Crippen LogP contribution >= 0.6 is 12.4 Å². The van der Waals surface area contributed by atoms with E-state index in [-0.39, 0.29) is 23.7 Å². The Morgan fingerprint density at radius 2 is 2.15 bits per heavy atom. The second-order valence-corrected chi connectivity index (χ2v) is 2.21. The van der Waals surface area contributed by atoms with Crippen LogP contribution in [-0.2, 0) is 0 Å². The van der Waals surface area contributed by atoms with Crippen molar-refractivity contribution in [2.75, 3.05) is 7.11 Å². The first-order valence-corrected chi connectivity index (χ1v) is 3.28. The van der Waals surface area contributed by atoms with Crippen molar-refractivity contribution in [1.29, 1.82) is 0 Å². The van der Waals surface area contributed by atoms with E-state index in [1.54, 1.807) is 0 Å². The normalized spacial score (nSPS) is 8.77. The molecule has 0 aliphatic rings. The fourth-order valence-electron chi connectivity index (χ4n) is 0.873. The zero-order valence-corrected chi connectivity index (χ0v) is 7.73. The molecule has 0 heterocycles. The molecular formula is C8H9ClFNO2. The van der Waals surface area contributed by atoms with Gasteiger partial charge in [0.15, 0.2) is 0 Å². The maximum Gasteiger partial charge on any atom is 0.252 e. The van der Waals surface area contributed by atoms with Crippen LogP contribution in [0.15, 0.2) is 18.2 Å². The maximum atomic E-state index is 12.6. The summed E-state index contributed by atoms with van der Waals surface area (Å²) >= 11 is 0. The molecule has 72 valence electrons. The number of methoxy groups -OCH3 is 1. The highest BCUT2D eigenvalue weighted by Gasteiger charge is 2.08. The SMILES string of the molecule is COc1ccc(F)cc1C(N)=O.Cl. The first kappa shape index (κ1) is 11.7. The van der Waals surface area contributed by atoms with E-state index in [9.17, 15) is 9.18 Å². The molecule has 13 heavy (non-hydrogen) atoms. The Labute approximate surface area is 81.1 Å². The summed E-state index contributed by atoms with van der Waals surface area (Å²) in [6, 6.07) is 3.60. The molecule has 3 nitrogen and oxygen atoms in total. The van der Waals surface area contributed by atoms with Crippen LogP contribution in [0.5, 0.6) is 5.75 Å². The number of nitrogens with two attached hydrogens (primary N) is 1. The van der Waals surface area contributed by atoms with Crippen LogP contribution < -0.4 is 10.5 Å². The summed E-state index contributed by atoms with van der Waals surface area (Å²) in [4.78, 5) is 10.7. The zero-order valence-electron chi connectivity index (χ0n) is 6.91. The summed E-state index contributed by atoms with van der Waals surface area (Å²) in [6.45, 7) is 0. The van der Waals surface area contributed by atoms with Crippen LogP contribution in [0.3, 0.4) is 0 Å². The predicted molar refractivity (Wildman–Crippen MR) is 48.7 cm³/mol. The van der Waals surface area contributed by atoms with Crippen LogP contribution in [0.1, 0.15) is 10.4 Å². The van der Waals surface area contributed by atoms with E-state index in [0.29, 0.717) is 0 Å². The second-order valence-electron chi connectivity index (χ2n) is 2.21. The first-order valence-electron chi connectivity index (χ1n) is 3.28. The lowest BCUT2D eigenvalue weighted by Gasteiger charge is -2.03. The maximum absolute atomic E-state index is 12.6. The lowest BCUT2D eigenvalue weighted by molar-refractivity contribution is 0.0997. The van der Waals surface area contributed by atoms with Gasteiger partial charge in [0.1, 0.15) is 11.6 Å². The molecule has 0 spiro atoms. The number of halogens is 2. The van der Waals surface area contributed by atoms with Gasteiger partial charge in [0.25, 0.3) is 5.91 Å². The molecule has 0 saturated carbocycles. The molecule has 0 bridgehead atoms. The molecule has 0 radical (unpaired) electrons. The quantitative estimate of drug-likeness (QED) is 0.793. The van der Waals surface area contributed by atoms with Gasteiger partial charge in [-0.15, -0.1) is 12.4 Å². The van der Waals surface area contributed by atoms with Gasteiger partial charge in [-0.25, -0.2) is 4.39 Å². The molecule has 1 amide bonds. The molecule has 1 aromatic carbocycles. The number of rotatable bonds is 2. The van der Waals surface area contributed by atoms with Crippen molar-refractivity contribution in [3.05, 3.63) is 29.6 Å². The number of hydrogen-bond donors (Lipinski definition) is 1. The molecule has 1 rings (SSSR count). The van der Waals surface area contributed by atoms with E-state index in [4.69, 9.17) is 10.5 Å². The van der Waals surface area contributed by atoms with Gasteiger partial charge in [-0.05, 0) is 18.2 Å². The molecule has 0 saturated heterocycles. The largest absolute Gasteiger partial charge is 0.496 e. The minimum absolute atomic E-state index is 0. The Morgan fingerprint density at radius 1 is 1.54 bits per heavy atom. The molecule has 1 aromatic rings. The number of carbonyl (C=O) groups excluding carboxylic acids is 1. The fourth-order valence-corrected chi connectivity index (χ4v) is 0.873. The van der Waals surface area contributed by atoms with Crippen molar-refractivity contribution in [2.24, 2.45) is 5.73 Å². The third-order valence-electron chi connectivity index (χ3n) is 1.43. The van der Waals surface area contributed by atoms with E-state index in [0.717, 1.165) is 6.07 Å². The highest BCUT2D eigenvalue weighted by atomic mass is 35.5. The smallest absolute Gasteiger partial charge is 0.252 e. The Morgan fingerprint density at radius 3 is 2.62 bits per heavy atom. The van der Waals surface area contributed by atoms with Crippen molar-refractivity contribution >= 4 is 18.3 Å². The van der Waals surface area contributed by atoms with Gasteiger partial charge in [-0.3, -0.25) is 4.79 Å². The van der Waals surface area contributed by atoms with Crippen LogP contribution in [0.4, 0.5) is 4.39 Å². The number of benzene rings is 1. The van der Waals surface area contributed by atoms with Gasteiger partial charge in [0.05, 0.1) is 12.7 Å². The Bertz CT molecular complexity index is 317. The topological polar surface area (TPSA) is 52.3 Å². The third kappa shape index (κ3) is 2.59. The van der Waals surface area contributed by atoms with Crippen molar-refractivity contribution in [3.63, 3.8) is 0 Å². The molecule has 5 heteroatoms. The third-order valence-corrected chi connectivity index (χ3v) is 1.43. The lowest BCUT2D eigenvalue weighted by atomic mass is 10.2. The van der Waals surface area contributed by atoms with E-state index in [1.165, 1.54) is 19.2 Å². The summed E-state index contributed by atoms with van der Waals surface area (Å²) < 4.78 is 17.4. The van der Waals surface area contributed by atoms with Gasteiger partial charge >= 0.3 is 0 Å². The average molecular weight is 206 g/mol. The number of amides is 1. The molecule has 0 fully saturated rings. The monoisotopic (exact) mass is 205 g/mol. The Kier molecular flexibility index (Phi) is 4.20. The van der Waals surface area contributed by atoms with Gasteiger partial charge < -0.3 is 10.5 Å². The highest BCUT2D eigenvalue weighted by molar-refractivity contribution is 5.95. The summed E-state index contributed by atoms with van der Waals surface area (Å²) in [5.41, 5.74) is 5.03. The molecule has 0 aliphatic carbocycles. The van der Waals surface area contributed by atoms with Crippen molar-refractivity contribution in [1.82, 2.24) is 0 Å². The Hall–Kier alpha value is -1.29. The standard InChI is InChI=1S/C8H8FNO2.ClH/c1-12-7-3-2-5(9)4-6(7)8(10)11;/h2-4H,1H3,(H2,10,11);1H. The molecule has 0 unspecified atom stereocenters. The van der Waals surface area contributed by atoms with Crippen LogP contribution in [0.2, 0.25) is 0 Å². The van der Waals surface area contributed by atoms with Gasteiger partial charge in [0.2, 0.25) is 0 Å². The van der Waals surface area contributed by atoms with E-state index >= 15 is 0 Å². The molecule has 0 aliphatic heterocycles. The van der Waals surface area contributed by atoms with Gasteiger partial charge in [-0.1, -0.05) is 0 Å². The summed E-state index contributed by atoms with van der Waals surface area (Å²) in [7, 11) is 1.39. The van der Waals surface area contributed by atoms with Gasteiger partial charge in [-0.2, -0.15) is 0 Å². The summed E-state index contributed by atoms with van der Waals surface area (Å²) in [5, 5.41) is 0. The fraction of sp³-hybridized carbons (Fsp3) is 0.125. The molecule has 0 aromatic heterocycles. The van der Waals surface area contributed by atoms with Crippen LogP contribution in [-0.4, -0.2) is 13.0 Å². The van der Waals surface area contributed by atoms with Gasteiger partial charge in [0, 0.05) is 0 Å². The van der Waals surface area contributed by atoms with Crippen molar-refractivity contribution in [3.8, 4) is 5.75 Å². The zero-order chi connectivity index (χ0) is 9.14. The Balaban J connectivity index is 0.00000144. The predicted octanol–water partition coefficient (Wildman–Crippen LogP) is 1.35.